The fraction of sp³-hybridized carbons (Fsp3) is 0. The minimum atomic E-state index is -0.311. The summed E-state index contributed by atoms with van der Waals surface area (Å²) in [7, 11) is 0. The molecule has 1 aromatic rings. The van der Waals surface area contributed by atoms with Crippen LogP contribution in [0, 0.1) is 17.1 Å². The van der Waals surface area contributed by atoms with E-state index in [0.717, 1.165) is 0 Å². The monoisotopic (exact) mass is 139 g/mol. The topological polar surface area (TPSA) is 55.3 Å². The van der Waals surface area contributed by atoms with Crippen LogP contribution in [0.3, 0.4) is 0 Å². The molecule has 52 valence electrons. The van der Waals surface area contributed by atoms with Gasteiger partial charge in [0.15, 0.2) is 0 Å². The maximum absolute atomic E-state index is 12.1. The summed E-state index contributed by atoms with van der Waals surface area (Å²) in [6.45, 7) is 0. The molecule has 0 aliphatic carbocycles. The molecule has 0 saturated carbocycles. The van der Waals surface area contributed by atoms with Gasteiger partial charge in [-0.15, -0.1) is 0 Å². The van der Waals surface area contributed by atoms with Gasteiger partial charge in [0.2, 0.25) is 0 Å². The summed E-state index contributed by atoms with van der Waals surface area (Å²) >= 11 is 0. The molecule has 0 aromatic heterocycles. The lowest BCUT2D eigenvalue weighted by molar-refractivity contribution is 0.627. The second-order valence-electron chi connectivity index (χ2n) is 1.62. The number of hydrogen-bond acceptors (Lipinski definition) is 1. The second kappa shape index (κ2) is 3.59. The fourth-order valence-corrected chi connectivity index (χ4v) is 0.524. The second-order valence-corrected chi connectivity index (χ2v) is 1.62. The molecule has 0 aliphatic rings. The van der Waals surface area contributed by atoms with E-state index < -0.39 is 0 Å². The Bertz CT molecular complexity index is 237. The van der Waals surface area contributed by atoms with Gasteiger partial charge >= 0.3 is 0 Å². The quantitative estimate of drug-likeness (QED) is 0.526. The maximum atomic E-state index is 12.1. The lowest BCUT2D eigenvalue weighted by Gasteiger charge is -1.84. The van der Waals surface area contributed by atoms with Gasteiger partial charge in [0.05, 0.1) is 11.6 Å². The molecule has 0 spiro atoms. The summed E-state index contributed by atoms with van der Waals surface area (Å²) in [5, 5.41) is 8.26. The Labute approximate surface area is 57.8 Å². The number of halogens is 1. The van der Waals surface area contributed by atoms with E-state index in [4.69, 9.17) is 5.26 Å². The largest absolute Gasteiger partial charge is 0.412 e. The highest BCUT2D eigenvalue weighted by atomic mass is 19.1. The summed E-state index contributed by atoms with van der Waals surface area (Å²) in [5.41, 5.74) is 0.483. The molecule has 0 amide bonds. The average molecular weight is 139 g/mol. The lowest BCUT2D eigenvalue weighted by Crippen LogP contribution is -1.73. The molecule has 2 N–H and O–H groups in total. The van der Waals surface area contributed by atoms with E-state index in [0.29, 0.717) is 5.56 Å². The molecule has 1 aromatic carbocycles. The van der Waals surface area contributed by atoms with E-state index in [1.54, 1.807) is 0 Å². The third kappa shape index (κ3) is 1.84. The molecule has 3 heteroatoms. The summed E-state index contributed by atoms with van der Waals surface area (Å²) in [5.74, 6) is -0.311. The molecule has 2 nitrogen and oxygen atoms in total. The van der Waals surface area contributed by atoms with Gasteiger partial charge in [-0.05, 0) is 24.3 Å². The summed E-state index contributed by atoms with van der Waals surface area (Å²) < 4.78 is 12.1. The molecule has 10 heavy (non-hydrogen) atoms. The van der Waals surface area contributed by atoms with Crippen LogP contribution < -0.4 is 0 Å². The first-order chi connectivity index (χ1) is 4.33. The molecule has 0 radical (unpaired) electrons. The molecule has 0 aliphatic heterocycles. The van der Waals surface area contributed by atoms with Crippen LogP contribution in [0.25, 0.3) is 0 Å². The Hall–Kier alpha value is -1.40. The van der Waals surface area contributed by atoms with Crippen LogP contribution in [-0.2, 0) is 0 Å². The summed E-state index contributed by atoms with van der Waals surface area (Å²) in [6, 6.07) is 7.29. The van der Waals surface area contributed by atoms with Gasteiger partial charge < -0.3 is 5.48 Å². The smallest absolute Gasteiger partial charge is 0.123 e. The number of rotatable bonds is 0. The minimum Gasteiger partial charge on any atom is -0.412 e. The van der Waals surface area contributed by atoms with Gasteiger partial charge in [-0.25, -0.2) is 4.39 Å². The van der Waals surface area contributed by atoms with E-state index in [1.165, 1.54) is 24.3 Å². The van der Waals surface area contributed by atoms with Crippen LogP contribution in [0.15, 0.2) is 24.3 Å². The van der Waals surface area contributed by atoms with Gasteiger partial charge in [-0.2, -0.15) is 5.26 Å². The molecule has 0 bridgehead atoms. The van der Waals surface area contributed by atoms with Crippen molar-refractivity contribution in [2.24, 2.45) is 0 Å². The molecule has 0 fully saturated rings. The van der Waals surface area contributed by atoms with Gasteiger partial charge in [0.1, 0.15) is 5.82 Å². The van der Waals surface area contributed by atoms with E-state index in [1.807, 2.05) is 6.07 Å². The Kier molecular flexibility index (Phi) is 3.09. The molecular weight excluding hydrogens is 133 g/mol. The van der Waals surface area contributed by atoms with Crippen molar-refractivity contribution in [1.29, 1.82) is 5.26 Å². The van der Waals surface area contributed by atoms with Gasteiger partial charge in [-0.1, -0.05) is 0 Å². The van der Waals surface area contributed by atoms with Crippen molar-refractivity contribution in [3.05, 3.63) is 35.6 Å². The van der Waals surface area contributed by atoms with Crippen molar-refractivity contribution in [2.45, 2.75) is 0 Å². The van der Waals surface area contributed by atoms with Crippen molar-refractivity contribution in [3.63, 3.8) is 0 Å². The van der Waals surface area contributed by atoms with Crippen LogP contribution in [0.4, 0.5) is 4.39 Å². The highest BCUT2D eigenvalue weighted by Gasteiger charge is 1.87. The Morgan fingerprint density at radius 3 is 2.10 bits per heavy atom. The zero-order valence-corrected chi connectivity index (χ0v) is 5.13. The predicted molar refractivity (Wildman–Crippen MR) is 34.7 cm³/mol. The third-order valence-corrected chi connectivity index (χ3v) is 0.973. The van der Waals surface area contributed by atoms with Crippen LogP contribution in [0.5, 0.6) is 0 Å². The molecule has 0 atom stereocenters. The average Bonchev–Trinajstić information content (AvgIpc) is 1.90. The highest BCUT2D eigenvalue weighted by Crippen LogP contribution is 1.99. The predicted octanol–water partition coefficient (Wildman–Crippen LogP) is 0.873. The van der Waals surface area contributed by atoms with Crippen molar-refractivity contribution in [1.82, 2.24) is 0 Å². The molecule has 1 rings (SSSR count). The summed E-state index contributed by atoms with van der Waals surface area (Å²) in [4.78, 5) is 0. The Morgan fingerprint density at radius 1 is 1.20 bits per heavy atom. The van der Waals surface area contributed by atoms with Gasteiger partial charge in [-0.3, -0.25) is 0 Å². The van der Waals surface area contributed by atoms with Crippen molar-refractivity contribution < 1.29 is 9.87 Å². The highest BCUT2D eigenvalue weighted by molar-refractivity contribution is 5.28. The van der Waals surface area contributed by atoms with E-state index >= 15 is 0 Å². The van der Waals surface area contributed by atoms with Crippen molar-refractivity contribution in [3.8, 4) is 6.07 Å². The first kappa shape index (κ1) is 8.60. The third-order valence-electron chi connectivity index (χ3n) is 0.973. The molecule has 0 heterocycles. The van der Waals surface area contributed by atoms with Crippen molar-refractivity contribution >= 4 is 0 Å². The fourth-order valence-electron chi connectivity index (χ4n) is 0.524. The van der Waals surface area contributed by atoms with Crippen LogP contribution in [0.1, 0.15) is 5.56 Å². The van der Waals surface area contributed by atoms with Crippen LogP contribution in [0.2, 0.25) is 0 Å². The molecule has 0 unspecified atom stereocenters. The molecule has 0 saturated heterocycles. The summed E-state index contributed by atoms with van der Waals surface area (Å²) in [6.07, 6.45) is 0. The standard InChI is InChI=1S/C7H4FN.H2O/c8-7-3-1-6(5-9)2-4-7;/h1-4H;1H2. The van der Waals surface area contributed by atoms with Crippen molar-refractivity contribution in [2.75, 3.05) is 0 Å². The first-order valence-corrected chi connectivity index (χ1v) is 2.48. The zero-order valence-electron chi connectivity index (χ0n) is 5.13. The number of benzene rings is 1. The van der Waals surface area contributed by atoms with Crippen LogP contribution >= 0.6 is 0 Å². The SMILES string of the molecule is N#Cc1ccc(F)cc1.O. The first-order valence-electron chi connectivity index (χ1n) is 2.48. The van der Waals surface area contributed by atoms with Gasteiger partial charge in [0.25, 0.3) is 0 Å². The van der Waals surface area contributed by atoms with Crippen LogP contribution in [-0.4, -0.2) is 5.48 Å². The number of nitriles is 1. The number of hydrogen-bond donors (Lipinski definition) is 0. The number of nitrogens with zero attached hydrogens (tertiary/aromatic N) is 1. The van der Waals surface area contributed by atoms with Gasteiger partial charge in [0, 0.05) is 0 Å². The Balaban J connectivity index is 0.000000810. The molecular formula is C7H6FNO. The minimum absolute atomic E-state index is 0. The Morgan fingerprint density at radius 2 is 1.70 bits per heavy atom. The van der Waals surface area contributed by atoms with E-state index in [-0.39, 0.29) is 11.3 Å². The zero-order chi connectivity index (χ0) is 6.69. The van der Waals surface area contributed by atoms with E-state index in [9.17, 15) is 4.39 Å². The lowest BCUT2D eigenvalue weighted by atomic mass is 10.2. The maximum Gasteiger partial charge on any atom is 0.123 e. The van der Waals surface area contributed by atoms with E-state index in [2.05, 4.69) is 0 Å². The normalized spacial score (nSPS) is 7.60.